The van der Waals surface area contributed by atoms with Gasteiger partial charge in [0.2, 0.25) is 0 Å². The number of rotatable bonds is 6. The Bertz CT molecular complexity index is 926. The van der Waals surface area contributed by atoms with Crippen molar-refractivity contribution in [3.63, 3.8) is 0 Å². The van der Waals surface area contributed by atoms with Crippen LogP contribution in [-0.2, 0) is 19.1 Å². The zero-order valence-corrected chi connectivity index (χ0v) is 21.4. The van der Waals surface area contributed by atoms with E-state index < -0.39 is 5.41 Å². The lowest BCUT2D eigenvalue weighted by Gasteiger charge is -2.48. The van der Waals surface area contributed by atoms with E-state index in [1.54, 1.807) is 0 Å². The summed E-state index contributed by atoms with van der Waals surface area (Å²) in [6.45, 7) is 10.1. The minimum absolute atomic E-state index is 0.000550. The van der Waals surface area contributed by atoms with E-state index in [1.807, 2.05) is 13.8 Å². The maximum absolute atomic E-state index is 13.9. The lowest BCUT2D eigenvalue weighted by atomic mass is 9.54. The number of fused-ring (bicyclic) bond motifs is 6. The van der Waals surface area contributed by atoms with E-state index in [-0.39, 0.29) is 59.5 Å². The molecule has 4 saturated carbocycles. The maximum atomic E-state index is 13.9. The van der Waals surface area contributed by atoms with Crippen molar-refractivity contribution in [2.45, 2.75) is 103 Å². The predicted molar refractivity (Wildman–Crippen MR) is 129 cm³/mol. The summed E-state index contributed by atoms with van der Waals surface area (Å²) in [5.41, 5.74) is -0.0464. The fraction of sp³-hybridized carbons (Fsp3) is 0.862. The Morgan fingerprint density at radius 2 is 1.66 bits per heavy atom. The summed E-state index contributed by atoms with van der Waals surface area (Å²) < 4.78 is 12.0. The van der Waals surface area contributed by atoms with E-state index in [2.05, 4.69) is 13.5 Å². The number of esters is 2. The molecule has 2 heterocycles. The van der Waals surface area contributed by atoms with Gasteiger partial charge in [-0.3, -0.25) is 4.79 Å². The molecule has 194 valence electrons. The molecular formula is C29H42O6. The molecule has 35 heavy (non-hydrogen) atoms. The van der Waals surface area contributed by atoms with Crippen molar-refractivity contribution in [2.75, 3.05) is 0 Å². The van der Waals surface area contributed by atoms with Crippen LogP contribution in [0.15, 0.2) is 12.2 Å². The highest BCUT2D eigenvalue weighted by Crippen LogP contribution is 2.74. The molecule has 2 saturated heterocycles. The molecule has 0 bridgehead atoms. The Morgan fingerprint density at radius 1 is 0.971 bits per heavy atom. The first-order chi connectivity index (χ1) is 16.6. The summed E-state index contributed by atoms with van der Waals surface area (Å²) >= 11 is 0. The number of ether oxygens (including phenoxy) is 2. The third-order valence-electron chi connectivity index (χ3n) is 11.6. The number of hydrogen-bond acceptors (Lipinski definition) is 6. The van der Waals surface area contributed by atoms with Gasteiger partial charge in [-0.05, 0) is 107 Å². The minimum Gasteiger partial charge on any atom is -0.462 e. The number of carbonyl (C=O) groups excluding carboxylic acids is 2. The SMILES string of the molecule is C=C1C(=O)O[C@@H]2C[C@]3(C)[C@@H](CCC(C)O)C[C@@]4(C(=O)O[C@@H]5C[C@@H]6[C@@H](CC[C@H](C)O)[C@@H]6C[C@@H]54)[C@@H]3C[C@H]12. The normalized spacial score (nSPS) is 51.2. The summed E-state index contributed by atoms with van der Waals surface area (Å²) in [4.78, 5) is 26.3. The van der Waals surface area contributed by atoms with E-state index in [9.17, 15) is 19.8 Å². The molecule has 6 nitrogen and oxygen atoms in total. The summed E-state index contributed by atoms with van der Waals surface area (Å²) in [5, 5.41) is 19.9. The van der Waals surface area contributed by atoms with Crippen LogP contribution in [0.4, 0.5) is 0 Å². The van der Waals surface area contributed by atoms with Crippen molar-refractivity contribution < 1.29 is 29.3 Å². The molecule has 1 unspecified atom stereocenters. The van der Waals surface area contributed by atoms with Crippen LogP contribution in [0.1, 0.15) is 78.6 Å². The summed E-state index contributed by atoms with van der Waals surface area (Å²) in [5.74, 6) is 2.33. The number of aliphatic hydroxyl groups excluding tert-OH is 2. The Balaban J connectivity index is 1.32. The van der Waals surface area contributed by atoms with Gasteiger partial charge in [0.25, 0.3) is 0 Å². The monoisotopic (exact) mass is 486 g/mol. The van der Waals surface area contributed by atoms with Gasteiger partial charge in [-0.1, -0.05) is 13.5 Å². The van der Waals surface area contributed by atoms with Gasteiger partial charge in [0.1, 0.15) is 12.2 Å². The molecule has 0 aromatic carbocycles. The number of aliphatic hydroxyl groups is 2. The molecule has 0 amide bonds. The smallest absolute Gasteiger partial charge is 0.334 e. The first-order valence-electron chi connectivity index (χ1n) is 14.0. The molecule has 2 N–H and O–H groups in total. The number of carbonyl (C=O) groups is 2. The minimum atomic E-state index is -0.498. The lowest BCUT2D eigenvalue weighted by molar-refractivity contribution is -0.155. The Labute approximate surface area is 208 Å². The fourth-order valence-corrected chi connectivity index (χ4v) is 9.82. The van der Waals surface area contributed by atoms with Crippen LogP contribution in [0.5, 0.6) is 0 Å². The highest BCUT2D eigenvalue weighted by Gasteiger charge is 2.75. The van der Waals surface area contributed by atoms with E-state index in [1.165, 1.54) is 0 Å². The quantitative estimate of drug-likeness (QED) is 0.435. The average molecular weight is 487 g/mol. The average Bonchev–Trinajstić information content (AvgIpc) is 3.17. The van der Waals surface area contributed by atoms with Crippen LogP contribution in [0.3, 0.4) is 0 Å². The first kappa shape index (κ1) is 24.0. The molecule has 4 aliphatic carbocycles. The molecule has 6 heteroatoms. The molecule has 6 rings (SSSR count). The number of hydrogen-bond donors (Lipinski definition) is 2. The fourth-order valence-electron chi connectivity index (χ4n) is 9.82. The van der Waals surface area contributed by atoms with Gasteiger partial charge in [-0.25, -0.2) is 4.79 Å². The molecular weight excluding hydrogens is 444 g/mol. The third-order valence-corrected chi connectivity index (χ3v) is 11.6. The van der Waals surface area contributed by atoms with Gasteiger partial charge in [-0.2, -0.15) is 0 Å². The molecule has 1 spiro atoms. The zero-order valence-electron chi connectivity index (χ0n) is 21.4. The summed E-state index contributed by atoms with van der Waals surface area (Å²) in [6, 6.07) is 0. The van der Waals surface area contributed by atoms with Crippen LogP contribution in [0.25, 0.3) is 0 Å². The Morgan fingerprint density at radius 3 is 2.37 bits per heavy atom. The largest absolute Gasteiger partial charge is 0.462 e. The summed E-state index contributed by atoms with van der Waals surface area (Å²) in [6.07, 6.45) is 7.14. The second-order valence-electron chi connectivity index (χ2n) is 13.4. The molecule has 13 atom stereocenters. The second kappa shape index (κ2) is 8.05. The topological polar surface area (TPSA) is 93.1 Å². The van der Waals surface area contributed by atoms with Crippen molar-refractivity contribution in [1.29, 1.82) is 0 Å². The molecule has 6 aliphatic rings. The molecule has 0 aromatic rings. The molecule has 0 aromatic heterocycles. The van der Waals surface area contributed by atoms with Gasteiger partial charge in [0.15, 0.2) is 0 Å². The van der Waals surface area contributed by atoms with E-state index >= 15 is 0 Å². The highest BCUT2D eigenvalue weighted by molar-refractivity contribution is 5.91. The molecule has 0 radical (unpaired) electrons. The van der Waals surface area contributed by atoms with Crippen LogP contribution < -0.4 is 0 Å². The lowest BCUT2D eigenvalue weighted by Crippen LogP contribution is -2.49. The summed E-state index contributed by atoms with van der Waals surface area (Å²) in [7, 11) is 0. The van der Waals surface area contributed by atoms with Gasteiger partial charge < -0.3 is 19.7 Å². The first-order valence-corrected chi connectivity index (χ1v) is 14.0. The maximum Gasteiger partial charge on any atom is 0.334 e. The van der Waals surface area contributed by atoms with E-state index in [0.717, 1.165) is 57.8 Å². The molecule has 6 fully saturated rings. The molecule has 2 aliphatic heterocycles. The standard InChI is InChI=1S/C29H42O6/c1-14(30)5-7-17-12-29(25-11-19-16(3)26(32)34-24(19)13-28(17,25)4)22-9-20-18(8-6-15(2)31)21(20)10-23(22)35-27(29)33/h14-15,17-25,30-31H,3,5-13H2,1-2,4H3/t14?,15-,17-,18-,19+,20-,21+,22-,23+,24+,25+,28+,29-/m0/s1. The second-order valence-corrected chi connectivity index (χ2v) is 13.4. The highest BCUT2D eigenvalue weighted by atomic mass is 16.6. The zero-order chi connectivity index (χ0) is 24.9. The van der Waals surface area contributed by atoms with Gasteiger partial charge >= 0.3 is 11.9 Å². The van der Waals surface area contributed by atoms with Gasteiger partial charge in [-0.15, -0.1) is 0 Å². The van der Waals surface area contributed by atoms with Crippen molar-refractivity contribution in [3.8, 4) is 0 Å². The van der Waals surface area contributed by atoms with Crippen molar-refractivity contribution in [3.05, 3.63) is 12.2 Å². The van der Waals surface area contributed by atoms with Gasteiger partial charge in [0.05, 0.1) is 17.6 Å². The Kier molecular flexibility index (Phi) is 5.51. The van der Waals surface area contributed by atoms with Crippen LogP contribution in [0, 0.1) is 52.3 Å². The van der Waals surface area contributed by atoms with E-state index in [0.29, 0.717) is 29.2 Å². The van der Waals surface area contributed by atoms with Gasteiger partial charge in [0, 0.05) is 17.4 Å². The van der Waals surface area contributed by atoms with Crippen molar-refractivity contribution >= 4 is 11.9 Å². The van der Waals surface area contributed by atoms with Crippen molar-refractivity contribution in [2.24, 2.45) is 52.3 Å². The predicted octanol–water partition coefficient (Wildman–Crippen LogP) is 4.03. The Hall–Kier alpha value is -1.40. The van der Waals surface area contributed by atoms with E-state index in [4.69, 9.17) is 9.47 Å². The van der Waals surface area contributed by atoms with Crippen molar-refractivity contribution in [1.82, 2.24) is 0 Å². The van der Waals surface area contributed by atoms with Crippen LogP contribution in [-0.4, -0.2) is 46.6 Å². The third kappa shape index (κ3) is 3.41. The van der Waals surface area contributed by atoms with Crippen LogP contribution in [0.2, 0.25) is 0 Å². The van der Waals surface area contributed by atoms with Crippen LogP contribution >= 0.6 is 0 Å².